The third-order valence-corrected chi connectivity index (χ3v) is 7.30. The van der Waals surface area contributed by atoms with E-state index in [0.717, 1.165) is 38.0 Å². The summed E-state index contributed by atoms with van der Waals surface area (Å²) in [5.41, 5.74) is 3.52. The van der Waals surface area contributed by atoms with E-state index in [1.807, 2.05) is 19.1 Å². The Labute approximate surface area is 178 Å². The van der Waals surface area contributed by atoms with E-state index in [4.69, 9.17) is 0 Å². The molecule has 1 fully saturated rings. The second-order valence-electron chi connectivity index (χ2n) is 8.46. The molecule has 1 amide bonds. The number of carbonyl (C=O) groups is 1. The van der Waals surface area contributed by atoms with Crippen LogP contribution in [-0.2, 0) is 23.0 Å². The molecule has 1 saturated heterocycles. The summed E-state index contributed by atoms with van der Waals surface area (Å²) >= 11 is 0. The Balaban J connectivity index is 1.35. The highest BCUT2D eigenvalue weighted by molar-refractivity contribution is 7.92. The van der Waals surface area contributed by atoms with Gasteiger partial charge >= 0.3 is 0 Å². The van der Waals surface area contributed by atoms with Crippen molar-refractivity contribution in [3.63, 3.8) is 0 Å². The van der Waals surface area contributed by atoms with Crippen LogP contribution in [0.25, 0.3) is 0 Å². The van der Waals surface area contributed by atoms with Gasteiger partial charge in [-0.25, -0.2) is 8.42 Å². The number of hydrogen-bond donors (Lipinski definition) is 1. The van der Waals surface area contributed by atoms with Gasteiger partial charge in [-0.2, -0.15) is 0 Å². The zero-order valence-corrected chi connectivity index (χ0v) is 18.4. The van der Waals surface area contributed by atoms with Crippen molar-refractivity contribution in [1.29, 1.82) is 0 Å². The van der Waals surface area contributed by atoms with Crippen molar-refractivity contribution < 1.29 is 13.2 Å². The molecular weight excluding hydrogens is 398 g/mol. The van der Waals surface area contributed by atoms with Crippen molar-refractivity contribution in [1.82, 2.24) is 10.2 Å². The highest BCUT2D eigenvalue weighted by Gasteiger charge is 2.33. The molecule has 1 N–H and O–H groups in total. The van der Waals surface area contributed by atoms with Crippen LogP contribution in [0.5, 0.6) is 0 Å². The Morgan fingerprint density at radius 2 is 1.80 bits per heavy atom. The maximum absolute atomic E-state index is 12.8. The average molecular weight is 428 g/mol. The van der Waals surface area contributed by atoms with E-state index >= 15 is 0 Å². The number of likely N-dealkylation sites (tertiary alicyclic amines) is 1. The summed E-state index contributed by atoms with van der Waals surface area (Å²) < 4.78 is 25.6. The molecule has 0 spiro atoms. The minimum absolute atomic E-state index is 0.0789. The molecule has 6 nitrogen and oxygen atoms in total. The molecule has 2 heterocycles. The van der Waals surface area contributed by atoms with Gasteiger partial charge in [-0.05, 0) is 55.5 Å². The SMILES string of the molecule is CC1Cc2cc(C(=O)NC3CCN(Cc4ccccc4)CC3)ccc2N1S(C)(=O)=O. The topological polar surface area (TPSA) is 69.7 Å². The van der Waals surface area contributed by atoms with Gasteiger partial charge in [0.1, 0.15) is 0 Å². The maximum Gasteiger partial charge on any atom is 0.251 e. The van der Waals surface area contributed by atoms with Crippen LogP contribution in [0.1, 0.15) is 41.3 Å². The first-order valence-corrected chi connectivity index (χ1v) is 12.4. The van der Waals surface area contributed by atoms with Gasteiger partial charge in [0.05, 0.1) is 11.9 Å². The fourth-order valence-electron chi connectivity index (χ4n) is 4.60. The van der Waals surface area contributed by atoms with Crippen LogP contribution in [0.4, 0.5) is 5.69 Å². The number of sulfonamides is 1. The Hall–Kier alpha value is -2.38. The molecule has 30 heavy (non-hydrogen) atoms. The van der Waals surface area contributed by atoms with Gasteiger partial charge in [0, 0.05) is 37.3 Å². The molecule has 2 aliphatic rings. The molecule has 2 aliphatic heterocycles. The van der Waals surface area contributed by atoms with E-state index in [9.17, 15) is 13.2 Å². The first kappa shape index (κ1) is 20.9. The van der Waals surface area contributed by atoms with Crippen LogP contribution >= 0.6 is 0 Å². The molecule has 160 valence electrons. The van der Waals surface area contributed by atoms with Gasteiger partial charge < -0.3 is 5.32 Å². The molecule has 7 heteroatoms. The van der Waals surface area contributed by atoms with E-state index in [1.54, 1.807) is 12.1 Å². The highest BCUT2D eigenvalue weighted by atomic mass is 32.2. The number of nitrogens with one attached hydrogen (secondary N) is 1. The molecule has 0 radical (unpaired) electrons. The molecule has 2 aromatic rings. The lowest BCUT2D eigenvalue weighted by atomic mass is 10.0. The number of fused-ring (bicyclic) bond motifs is 1. The zero-order chi connectivity index (χ0) is 21.3. The van der Waals surface area contributed by atoms with E-state index in [0.29, 0.717) is 17.7 Å². The van der Waals surface area contributed by atoms with Gasteiger partial charge in [-0.1, -0.05) is 30.3 Å². The molecule has 0 bridgehead atoms. The Morgan fingerprint density at radius 3 is 2.47 bits per heavy atom. The first-order valence-electron chi connectivity index (χ1n) is 10.5. The summed E-state index contributed by atoms with van der Waals surface area (Å²) in [6.07, 6.45) is 3.72. The normalized spacial score (nSPS) is 20.2. The summed E-state index contributed by atoms with van der Waals surface area (Å²) in [5, 5.41) is 3.17. The van der Waals surface area contributed by atoms with Gasteiger partial charge in [-0.15, -0.1) is 0 Å². The van der Waals surface area contributed by atoms with Crippen LogP contribution in [0.15, 0.2) is 48.5 Å². The van der Waals surface area contributed by atoms with Crippen molar-refractivity contribution >= 4 is 21.6 Å². The third-order valence-electron chi connectivity index (χ3n) is 6.02. The van der Waals surface area contributed by atoms with Gasteiger partial charge in [-0.3, -0.25) is 14.0 Å². The first-order chi connectivity index (χ1) is 14.3. The average Bonchev–Trinajstić information content (AvgIpc) is 3.05. The van der Waals surface area contributed by atoms with Crippen LogP contribution in [0.2, 0.25) is 0 Å². The quantitative estimate of drug-likeness (QED) is 0.797. The summed E-state index contributed by atoms with van der Waals surface area (Å²) in [7, 11) is -3.32. The fourth-order valence-corrected chi connectivity index (χ4v) is 5.86. The monoisotopic (exact) mass is 427 g/mol. The van der Waals surface area contributed by atoms with Gasteiger partial charge in [0.2, 0.25) is 10.0 Å². The van der Waals surface area contributed by atoms with Crippen molar-refractivity contribution in [3.05, 3.63) is 65.2 Å². The van der Waals surface area contributed by atoms with Crippen LogP contribution in [-0.4, -0.2) is 50.7 Å². The van der Waals surface area contributed by atoms with E-state index in [1.165, 1.54) is 16.1 Å². The van der Waals surface area contributed by atoms with E-state index in [2.05, 4.69) is 34.5 Å². The minimum Gasteiger partial charge on any atom is -0.349 e. The second-order valence-corrected chi connectivity index (χ2v) is 10.3. The summed E-state index contributed by atoms with van der Waals surface area (Å²) in [6.45, 7) is 4.76. The number of anilines is 1. The molecule has 1 unspecified atom stereocenters. The number of nitrogens with zero attached hydrogens (tertiary/aromatic N) is 2. The molecule has 0 aliphatic carbocycles. The Morgan fingerprint density at radius 1 is 1.10 bits per heavy atom. The van der Waals surface area contributed by atoms with E-state index in [-0.39, 0.29) is 18.0 Å². The fraction of sp³-hybridized carbons (Fsp3) is 0.435. The van der Waals surface area contributed by atoms with Crippen molar-refractivity contribution in [2.24, 2.45) is 0 Å². The standard InChI is InChI=1S/C23H29N3O3S/c1-17-14-20-15-19(8-9-22(20)26(17)30(2,28)29)23(27)24-21-10-12-25(13-11-21)16-18-6-4-3-5-7-18/h3-9,15,17,21H,10-14,16H2,1-2H3,(H,24,27). The zero-order valence-electron chi connectivity index (χ0n) is 17.5. The predicted molar refractivity (Wildman–Crippen MR) is 119 cm³/mol. The second kappa shape index (κ2) is 8.40. The summed E-state index contributed by atoms with van der Waals surface area (Å²) in [6, 6.07) is 15.8. The minimum atomic E-state index is -3.32. The molecule has 1 atom stereocenters. The maximum atomic E-state index is 12.8. The number of piperidine rings is 1. The van der Waals surface area contributed by atoms with Gasteiger partial charge in [0.15, 0.2) is 0 Å². The summed E-state index contributed by atoms with van der Waals surface area (Å²) in [5.74, 6) is -0.0789. The largest absolute Gasteiger partial charge is 0.349 e. The highest BCUT2D eigenvalue weighted by Crippen LogP contribution is 2.34. The lowest BCUT2D eigenvalue weighted by molar-refractivity contribution is 0.0909. The molecule has 4 rings (SSSR count). The number of amides is 1. The summed E-state index contributed by atoms with van der Waals surface area (Å²) in [4.78, 5) is 15.2. The smallest absolute Gasteiger partial charge is 0.251 e. The number of carbonyl (C=O) groups excluding carboxylic acids is 1. The van der Waals surface area contributed by atoms with E-state index < -0.39 is 10.0 Å². The van der Waals surface area contributed by atoms with Crippen LogP contribution in [0.3, 0.4) is 0 Å². The lowest BCUT2D eigenvalue weighted by Gasteiger charge is -2.32. The van der Waals surface area contributed by atoms with Crippen molar-refractivity contribution in [2.45, 2.75) is 44.8 Å². The van der Waals surface area contributed by atoms with Crippen molar-refractivity contribution in [2.75, 3.05) is 23.7 Å². The molecule has 0 saturated carbocycles. The number of rotatable bonds is 5. The van der Waals surface area contributed by atoms with Crippen LogP contribution < -0.4 is 9.62 Å². The Bertz CT molecular complexity index is 1020. The number of benzene rings is 2. The molecular formula is C23H29N3O3S. The van der Waals surface area contributed by atoms with Gasteiger partial charge in [0.25, 0.3) is 5.91 Å². The molecule has 0 aromatic heterocycles. The Kier molecular flexibility index (Phi) is 5.84. The predicted octanol–water partition coefficient (Wildman–Crippen LogP) is 2.79. The van der Waals surface area contributed by atoms with Crippen molar-refractivity contribution in [3.8, 4) is 0 Å². The third kappa shape index (κ3) is 4.52. The number of hydrogen-bond acceptors (Lipinski definition) is 4. The lowest BCUT2D eigenvalue weighted by Crippen LogP contribution is -2.44. The van der Waals surface area contributed by atoms with Crippen LogP contribution in [0, 0.1) is 0 Å². The molecule has 2 aromatic carbocycles.